The number of rotatable bonds is 8. The van der Waals surface area contributed by atoms with Crippen LogP contribution in [0.25, 0.3) is 11.0 Å². The molecule has 1 aliphatic rings. The monoisotopic (exact) mass is 542 g/mol. The maximum Gasteiger partial charge on any atom is 0.290 e. The molecule has 2 unspecified atom stereocenters. The summed E-state index contributed by atoms with van der Waals surface area (Å²) in [5.74, 6) is -0.582. The van der Waals surface area contributed by atoms with E-state index in [0.717, 1.165) is 5.39 Å². The lowest BCUT2D eigenvalue weighted by atomic mass is 10.00. The highest BCUT2D eigenvalue weighted by atomic mass is 32.2. The SMILES string of the molecule is CC(C)C[C@@H](C(=O)NC1CCCN(S(=O)(=O)c2ccccn2)CC1O)N(C)C(=O)c1cc2ccccc2o1. The van der Waals surface area contributed by atoms with Crippen LogP contribution in [0.4, 0.5) is 0 Å². The number of fused-ring (bicyclic) bond motifs is 1. The van der Waals surface area contributed by atoms with Gasteiger partial charge in [-0.1, -0.05) is 38.1 Å². The molecular weight excluding hydrogens is 508 g/mol. The Balaban J connectivity index is 1.47. The Kier molecular flexibility index (Phi) is 8.49. The van der Waals surface area contributed by atoms with E-state index in [4.69, 9.17) is 4.42 Å². The fraction of sp³-hybridized carbons (Fsp3) is 0.444. The van der Waals surface area contributed by atoms with E-state index in [9.17, 15) is 23.1 Å². The molecule has 2 amide bonds. The number of nitrogens with zero attached hydrogens (tertiary/aromatic N) is 3. The first-order chi connectivity index (χ1) is 18.1. The molecule has 1 fully saturated rings. The minimum absolute atomic E-state index is 0.0857. The largest absolute Gasteiger partial charge is 0.451 e. The van der Waals surface area contributed by atoms with Gasteiger partial charge in [-0.05, 0) is 49.4 Å². The van der Waals surface area contributed by atoms with Crippen LogP contribution in [0.3, 0.4) is 0 Å². The molecule has 0 aliphatic carbocycles. The van der Waals surface area contributed by atoms with Crippen LogP contribution in [-0.4, -0.2) is 77.9 Å². The van der Waals surface area contributed by atoms with Crippen molar-refractivity contribution in [1.29, 1.82) is 0 Å². The van der Waals surface area contributed by atoms with Crippen molar-refractivity contribution in [2.75, 3.05) is 20.1 Å². The van der Waals surface area contributed by atoms with Crippen molar-refractivity contribution in [2.24, 2.45) is 5.92 Å². The normalized spacial score (nSPS) is 19.7. The minimum Gasteiger partial charge on any atom is -0.451 e. The summed E-state index contributed by atoms with van der Waals surface area (Å²) in [6.07, 6.45) is 1.50. The van der Waals surface area contributed by atoms with E-state index in [-0.39, 0.29) is 29.8 Å². The zero-order chi connectivity index (χ0) is 27.4. The second kappa shape index (κ2) is 11.6. The van der Waals surface area contributed by atoms with Gasteiger partial charge in [-0.25, -0.2) is 13.4 Å². The van der Waals surface area contributed by atoms with Gasteiger partial charge in [-0.15, -0.1) is 0 Å². The number of para-hydroxylation sites is 1. The van der Waals surface area contributed by atoms with Crippen molar-refractivity contribution in [3.8, 4) is 0 Å². The van der Waals surface area contributed by atoms with Gasteiger partial charge in [0.05, 0.1) is 12.1 Å². The minimum atomic E-state index is -3.88. The van der Waals surface area contributed by atoms with E-state index in [1.165, 1.54) is 21.5 Å². The average Bonchev–Trinajstić information content (AvgIpc) is 3.25. The lowest BCUT2D eigenvalue weighted by Gasteiger charge is -2.31. The number of amides is 2. The van der Waals surface area contributed by atoms with Crippen molar-refractivity contribution in [2.45, 2.75) is 56.3 Å². The Morgan fingerprint density at radius 1 is 1.21 bits per heavy atom. The number of β-amino-alcohol motifs (C(OH)–C–C–N with tert-alkyl or cyclic N) is 1. The topological polar surface area (TPSA) is 133 Å². The molecule has 2 N–H and O–H groups in total. The number of pyridine rings is 1. The number of benzene rings is 1. The molecule has 0 radical (unpaired) electrons. The molecule has 38 heavy (non-hydrogen) atoms. The molecule has 1 saturated heterocycles. The Morgan fingerprint density at radius 3 is 2.63 bits per heavy atom. The van der Waals surface area contributed by atoms with Gasteiger partial charge in [0, 0.05) is 31.7 Å². The van der Waals surface area contributed by atoms with E-state index in [1.807, 2.05) is 32.0 Å². The summed E-state index contributed by atoms with van der Waals surface area (Å²) in [5, 5.41) is 14.5. The van der Waals surface area contributed by atoms with Crippen LogP contribution in [-0.2, 0) is 14.8 Å². The highest BCUT2D eigenvalue weighted by molar-refractivity contribution is 7.89. The zero-order valence-corrected chi connectivity index (χ0v) is 22.6. The molecule has 3 aromatic rings. The fourth-order valence-corrected chi connectivity index (χ4v) is 6.12. The van der Waals surface area contributed by atoms with Gasteiger partial charge < -0.3 is 19.7 Å². The number of hydrogen-bond acceptors (Lipinski definition) is 7. The molecule has 3 heterocycles. The van der Waals surface area contributed by atoms with E-state index in [1.54, 1.807) is 31.3 Å². The smallest absolute Gasteiger partial charge is 0.290 e. The van der Waals surface area contributed by atoms with Gasteiger partial charge in [-0.3, -0.25) is 9.59 Å². The first-order valence-electron chi connectivity index (χ1n) is 12.7. The number of hydrogen-bond donors (Lipinski definition) is 2. The van der Waals surface area contributed by atoms with E-state index >= 15 is 0 Å². The maximum absolute atomic E-state index is 13.5. The molecule has 4 rings (SSSR count). The molecule has 3 atom stereocenters. The first-order valence-corrected chi connectivity index (χ1v) is 14.2. The summed E-state index contributed by atoms with van der Waals surface area (Å²) in [5.41, 5.74) is 0.584. The lowest BCUT2D eigenvalue weighted by molar-refractivity contribution is -0.127. The number of aromatic nitrogens is 1. The predicted octanol–water partition coefficient (Wildman–Crippen LogP) is 2.64. The Morgan fingerprint density at radius 2 is 1.95 bits per heavy atom. The van der Waals surface area contributed by atoms with Crippen LogP contribution in [0, 0.1) is 5.92 Å². The second-order valence-corrected chi connectivity index (χ2v) is 12.0. The standard InChI is InChI=1S/C27H34N4O6S/c1-18(2)15-21(30(3)27(34)24-16-19-9-4-5-11-23(19)37-24)26(33)29-20-10-8-14-31(17-22(20)32)38(35,36)25-12-6-7-13-28-25/h4-7,9,11-13,16,18,20-22,32H,8,10,14-15,17H2,1-3H3,(H,29,33)/t20?,21-,22?/m0/s1. The van der Waals surface area contributed by atoms with Crippen LogP contribution in [0.15, 0.2) is 64.2 Å². The van der Waals surface area contributed by atoms with E-state index in [0.29, 0.717) is 24.8 Å². The average molecular weight is 543 g/mol. The molecule has 1 aromatic carbocycles. The molecule has 0 bridgehead atoms. The summed E-state index contributed by atoms with van der Waals surface area (Å²) in [7, 11) is -2.32. The summed E-state index contributed by atoms with van der Waals surface area (Å²) in [6.45, 7) is 3.94. The number of nitrogens with one attached hydrogen (secondary N) is 1. The van der Waals surface area contributed by atoms with Crippen molar-refractivity contribution >= 4 is 32.8 Å². The molecule has 10 nitrogen and oxygen atoms in total. The molecular formula is C27H34N4O6S. The van der Waals surface area contributed by atoms with Gasteiger partial charge in [-0.2, -0.15) is 4.31 Å². The molecule has 2 aromatic heterocycles. The predicted molar refractivity (Wildman–Crippen MR) is 142 cm³/mol. The maximum atomic E-state index is 13.5. The third-order valence-corrected chi connectivity index (χ3v) is 8.55. The number of sulfonamides is 1. The summed E-state index contributed by atoms with van der Waals surface area (Å²) >= 11 is 0. The zero-order valence-electron chi connectivity index (χ0n) is 21.8. The summed E-state index contributed by atoms with van der Waals surface area (Å²) in [6, 6.07) is 12.1. The van der Waals surface area contributed by atoms with Crippen LogP contribution < -0.4 is 5.32 Å². The Labute approximate surface area is 222 Å². The van der Waals surface area contributed by atoms with Crippen molar-refractivity contribution in [1.82, 2.24) is 19.5 Å². The van der Waals surface area contributed by atoms with E-state index < -0.39 is 40.0 Å². The van der Waals surface area contributed by atoms with Crippen LogP contribution in [0.1, 0.15) is 43.7 Å². The quantitative estimate of drug-likeness (QED) is 0.447. The number of likely N-dealkylation sites (N-methyl/N-ethyl adjacent to an activating group) is 1. The number of aliphatic hydroxyl groups excluding tert-OH is 1. The number of furan rings is 1. The van der Waals surface area contributed by atoms with Crippen molar-refractivity contribution in [3.05, 3.63) is 60.5 Å². The number of carbonyl (C=O) groups excluding carboxylic acids is 2. The summed E-state index contributed by atoms with van der Waals surface area (Å²) < 4.78 is 33.0. The summed E-state index contributed by atoms with van der Waals surface area (Å²) in [4.78, 5) is 32.0. The van der Waals surface area contributed by atoms with Crippen molar-refractivity contribution < 1.29 is 27.5 Å². The van der Waals surface area contributed by atoms with Crippen LogP contribution in [0.5, 0.6) is 0 Å². The van der Waals surface area contributed by atoms with Crippen molar-refractivity contribution in [3.63, 3.8) is 0 Å². The Bertz CT molecular complexity index is 1340. The van der Waals surface area contributed by atoms with Gasteiger partial charge >= 0.3 is 0 Å². The van der Waals surface area contributed by atoms with Gasteiger partial charge in [0.1, 0.15) is 11.6 Å². The molecule has 0 saturated carbocycles. The third-order valence-electron chi connectivity index (χ3n) is 6.77. The molecule has 1 aliphatic heterocycles. The van der Waals surface area contributed by atoms with Gasteiger partial charge in [0.15, 0.2) is 10.8 Å². The van der Waals surface area contributed by atoms with Crippen LogP contribution in [0.2, 0.25) is 0 Å². The van der Waals surface area contributed by atoms with Gasteiger partial charge in [0.25, 0.3) is 15.9 Å². The van der Waals surface area contributed by atoms with E-state index in [2.05, 4.69) is 10.3 Å². The highest BCUT2D eigenvalue weighted by Gasteiger charge is 2.36. The Hall–Kier alpha value is -3.28. The highest BCUT2D eigenvalue weighted by Crippen LogP contribution is 2.23. The number of carbonyl (C=O) groups is 2. The number of aliphatic hydroxyl groups is 1. The molecule has 11 heteroatoms. The van der Waals surface area contributed by atoms with Gasteiger partial charge in [0.2, 0.25) is 5.91 Å². The second-order valence-electron chi connectivity index (χ2n) is 10.1. The molecule has 0 spiro atoms. The lowest BCUT2D eigenvalue weighted by Crippen LogP contribution is -2.54. The van der Waals surface area contributed by atoms with Crippen LogP contribution >= 0.6 is 0 Å². The molecule has 204 valence electrons. The fourth-order valence-electron chi connectivity index (χ4n) is 4.69. The third kappa shape index (κ3) is 6.06. The first kappa shape index (κ1) is 27.7.